The van der Waals surface area contributed by atoms with Gasteiger partial charge in [-0.1, -0.05) is 70.5 Å². The topological polar surface area (TPSA) is 20.3 Å². The maximum atomic E-state index is 11.7. The first kappa shape index (κ1) is 14.3. The van der Waals surface area contributed by atoms with Gasteiger partial charge in [0.2, 0.25) is 5.91 Å². The van der Waals surface area contributed by atoms with Gasteiger partial charge in [0.15, 0.2) is 0 Å². The molecule has 1 saturated heterocycles. The second-order valence-electron chi connectivity index (χ2n) is 5.45. The predicted molar refractivity (Wildman–Crippen MR) is 89.5 cm³/mol. The number of halogens is 1. The molecule has 3 heteroatoms. The van der Waals surface area contributed by atoms with E-state index >= 15 is 0 Å². The van der Waals surface area contributed by atoms with Crippen LogP contribution in [-0.2, 0) is 11.2 Å². The van der Waals surface area contributed by atoms with Crippen LogP contribution in [0.1, 0.15) is 12.0 Å². The minimum Gasteiger partial charge on any atom is -0.341 e. The Morgan fingerprint density at radius 1 is 1.00 bits per heavy atom. The van der Waals surface area contributed by atoms with Crippen LogP contribution in [0.5, 0.6) is 0 Å². The van der Waals surface area contributed by atoms with Gasteiger partial charge in [0.25, 0.3) is 0 Å². The number of hydrogen-bond donors (Lipinski definition) is 0. The fourth-order valence-electron chi connectivity index (χ4n) is 2.70. The molecule has 1 atom stereocenters. The lowest BCUT2D eigenvalue weighted by Gasteiger charge is -2.15. The molecule has 108 valence electrons. The van der Waals surface area contributed by atoms with Crippen LogP contribution in [0.3, 0.4) is 0 Å². The van der Waals surface area contributed by atoms with Crippen LogP contribution in [-0.4, -0.2) is 28.7 Å². The van der Waals surface area contributed by atoms with Gasteiger partial charge in [-0.3, -0.25) is 4.79 Å². The Hall–Kier alpha value is -1.61. The highest BCUT2D eigenvalue weighted by molar-refractivity contribution is 9.09. The summed E-state index contributed by atoms with van der Waals surface area (Å²) in [5.74, 6) is 0.262. The molecule has 0 N–H and O–H groups in total. The summed E-state index contributed by atoms with van der Waals surface area (Å²) in [4.78, 5) is 14.0. The molecule has 1 aliphatic rings. The van der Waals surface area contributed by atoms with Gasteiger partial charge in [-0.05, 0) is 23.1 Å². The van der Waals surface area contributed by atoms with Crippen LogP contribution in [0.25, 0.3) is 11.1 Å². The molecular formula is C18H18BrNO. The third kappa shape index (κ3) is 3.53. The Kier molecular flexibility index (Phi) is 4.39. The number of hydrogen-bond acceptors (Lipinski definition) is 1. The van der Waals surface area contributed by atoms with E-state index in [0.717, 1.165) is 19.5 Å². The molecule has 1 unspecified atom stereocenters. The van der Waals surface area contributed by atoms with Crippen molar-refractivity contribution in [3.63, 3.8) is 0 Å². The fraction of sp³-hybridized carbons (Fsp3) is 0.278. The van der Waals surface area contributed by atoms with E-state index in [9.17, 15) is 4.79 Å². The SMILES string of the molecule is O=C1CC(Br)CN1CCc1ccc(-c2ccccc2)cc1. The lowest BCUT2D eigenvalue weighted by atomic mass is 10.0. The van der Waals surface area contributed by atoms with Crippen molar-refractivity contribution in [2.45, 2.75) is 17.7 Å². The molecule has 0 aliphatic carbocycles. The lowest BCUT2D eigenvalue weighted by molar-refractivity contribution is -0.127. The summed E-state index contributed by atoms with van der Waals surface area (Å²) in [6.07, 6.45) is 1.55. The first-order valence-corrected chi connectivity index (χ1v) is 8.20. The van der Waals surface area contributed by atoms with E-state index in [1.165, 1.54) is 16.7 Å². The molecule has 1 fully saturated rings. The van der Waals surface area contributed by atoms with Gasteiger partial charge in [-0.2, -0.15) is 0 Å². The number of rotatable bonds is 4. The van der Waals surface area contributed by atoms with Crippen LogP contribution in [0.2, 0.25) is 0 Å². The summed E-state index contributed by atoms with van der Waals surface area (Å²) >= 11 is 3.52. The van der Waals surface area contributed by atoms with Gasteiger partial charge < -0.3 is 4.90 Å². The van der Waals surface area contributed by atoms with E-state index < -0.39 is 0 Å². The van der Waals surface area contributed by atoms with Crippen molar-refractivity contribution in [3.8, 4) is 11.1 Å². The highest BCUT2D eigenvalue weighted by atomic mass is 79.9. The standard InChI is InChI=1S/C18H18BrNO/c19-17-12-18(21)20(13-17)11-10-14-6-8-16(9-7-14)15-4-2-1-3-5-15/h1-9,17H,10-13H2. The minimum atomic E-state index is 0.262. The largest absolute Gasteiger partial charge is 0.341 e. The zero-order chi connectivity index (χ0) is 14.7. The number of likely N-dealkylation sites (tertiary alicyclic amines) is 1. The lowest BCUT2D eigenvalue weighted by Crippen LogP contribution is -2.27. The molecule has 1 heterocycles. The van der Waals surface area contributed by atoms with Crippen LogP contribution in [0, 0.1) is 0 Å². The average Bonchev–Trinajstić information content (AvgIpc) is 2.84. The van der Waals surface area contributed by atoms with Crippen LogP contribution in [0.15, 0.2) is 54.6 Å². The summed E-state index contributed by atoms with van der Waals surface area (Å²) in [6, 6.07) is 19.0. The number of carbonyl (C=O) groups is 1. The van der Waals surface area contributed by atoms with Crippen LogP contribution in [0.4, 0.5) is 0 Å². The third-order valence-electron chi connectivity index (χ3n) is 3.90. The number of benzene rings is 2. The van der Waals surface area contributed by atoms with Crippen molar-refractivity contribution in [1.29, 1.82) is 0 Å². The van der Waals surface area contributed by atoms with Gasteiger partial charge >= 0.3 is 0 Å². The minimum absolute atomic E-state index is 0.262. The molecule has 1 aliphatic heterocycles. The normalized spacial score (nSPS) is 18.2. The smallest absolute Gasteiger partial charge is 0.223 e. The van der Waals surface area contributed by atoms with E-state index in [2.05, 4.69) is 64.5 Å². The van der Waals surface area contributed by atoms with E-state index in [4.69, 9.17) is 0 Å². The fourth-order valence-corrected chi connectivity index (χ4v) is 3.33. The zero-order valence-electron chi connectivity index (χ0n) is 11.8. The third-order valence-corrected chi connectivity index (χ3v) is 4.51. The Morgan fingerprint density at radius 2 is 1.67 bits per heavy atom. The number of carbonyl (C=O) groups excluding carboxylic acids is 1. The quantitative estimate of drug-likeness (QED) is 0.771. The van der Waals surface area contributed by atoms with Crippen molar-refractivity contribution in [3.05, 3.63) is 60.2 Å². The number of amides is 1. The monoisotopic (exact) mass is 343 g/mol. The molecule has 2 aromatic carbocycles. The van der Waals surface area contributed by atoms with E-state index in [1.807, 2.05) is 11.0 Å². The van der Waals surface area contributed by atoms with E-state index in [1.54, 1.807) is 0 Å². The number of alkyl halides is 1. The Bertz CT molecular complexity index is 609. The van der Waals surface area contributed by atoms with Crippen molar-refractivity contribution in [2.75, 3.05) is 13.1 Å². The summed E-state index contributed by atoms with van der Waals surface area (Å²) in [7, 11) is 0. The molecular weight excluding hydrogens is 326 g/mol. The molecule has 0 bridgehead atoms. The van der Waals surface area contributed by atoms with E-state index in [-0.39, 0.29) is 5.91 Å². The van der Waals surface area contributed by atoms with Crippen molar-refractivity contribution < 1.29 is 4.79 Å². The Balaban J connectivity index is 1.61. The van der Waals surface area contributed by atoms with E-state index in [0.29, 0.717) is 11.2 Å². The van der Waals surface area contributed by atoms with Crippen molar-refractivity contribution in [2.24, 2.45) is 0 Å². The summed E-state index contributed by atoms with van der Waals surface area (Å²) < 4.78 is 0. The maximum Gasteiger partial charge on any atom is 0.223 e. The van der Waals surface area contributed by atoms with Crippen LogP contribution >= 0.6 is 15.9 Å². The van der Waals surface area contributed by atoms with Gasteiger partial charge in [0.05, 0.1) is 0 Å². The molecule has 2 aromatic rings. The second-order valence-corrected chi connectivity index (χ2v) is 6.75. The molecule has 1 amide bonds. The molecule has 21 heavy (non-hydrogen) atoms. The second kappa shape index (κ2) is 6.44. The molecule has 0 aromatic heterocycles. The number of nitrogens with zero attached hydrogens (tertiary/aromatic N) is 1. The summed E-state index contributed by atoms with van der Waals surface area (Å²) in [5.41, 5.74) is 3.75. The summed E-state index contributed by atoms with van der Waals surface area (Å²) in [6.45, 7) is 1.65. The first-order chi connectivity index (χ1) is 10.2. The highest BCUT2D eigenvalue weighted by Crippen LogP contribution is 2.21. The van der Waals surface area contributed by atoms with Gasteiger partial charge in [0, 0.05) is 24.3 Å². The Labute approximate surface area is 133 Å². The predicted octanol–water partition coefficient (Wildman–Crippen LogP) is 3.89. The van der Waals surface area contributed by atoms with Gasteiger partial charge in [-0.25, -0.2) is 0 Å². The zero-order valence-corrected chi connectivity index (χ0v) is 13.4. The summed E-state index contributed by atoms with van der Waals surface area (Å²) in [5, 5.41) is 0. The van der Waals surface area contributed by atoms with Crippen molar-refractivity contribution in [1.82, 2.24) is 4.90 Å². The molecule has 0 saturated carbocycles. The molecule has 0 radical (unpaired) electrons. The van der Waals surface area contributed by atoms with Crippen molar-refractivity contribution >= 4 is 21.8 Å². The van der Waals surface area contributed by atoms with Gasteiger partial charge in [-0.15, -0.1) is 0 Å². The highest BCUT2D eigenvalue weighted by Gasteiger charge is 2.26. The first-order valence-electron chi connectivity index (χ1n) is 7.28. The molecule has 0 spiro atoms. The average molecular weight is 344 g/mol. The Morgan fingerprint density at radius 3 is 2.29 bits per heavy atom. The molecule has 3 rings (SSSR count). The van der Waals surface area contributed by atoms with Gasteiger partial charge in [0.1, 0.15) is 0 Å². The molecule has 2 nitrogen and oxygen atoms in total. The maximum absolute atomic E-state index is 11.7. The van der Waals surface area contributed by atoms with Crippen LogP contribution < -0.4 is 0 Å².